The molecule has 0 radical (unpaired) electrons. The highest BCUT2D eigenvalue weighted by Gasteiger charge is 2.27. The number of aromatic nitrogens is 1. The van der Waals surface area contributed by atoms with Crippen molar-refractivity contribution in [2.24, 2.45) is 5.92 Å². The monoisotopic (exact) mass is 280 g/mol. The van der Waals surface area contributed by atoms with Crippen LogP contribution < -0.4 is 0 Å². The van der Waals surface area contributed by atoms with E-state index in [-0.39, 0.29) is 17.9 Å². The van der Waals surface area contributed by atoms with Gasteiger partial charge in [0.25, 0.3) is 5.91 Å². The predicted octanol–water partition coefficient (Wildman–Crippen LogP) is 2.04. The number of carbonyl (C=O) groups is 1. The van der Waals surface area contributed by atoms with Crippen molar-refractivity contribution >= 4 is 17.7 Å². The van der Waals surface area contributed by atoms with Crippen molar-refractivity contribution in [1.29, 1.82) is 0 Å². The number of hydrogen-bond donors (Lipinski definition) is 1. The van der Waals surface area contributed by atoms with Gasteiger partial charge in [0, 0.05) is 30.8 Å². The Morgan fingerprint density at radius 3 is 3.11 bits per heavy atom. The molecule has 2 unspecified atom stereocenters. The van der Waals surface area contributed by atoms with Crippen LogP contribution in [0.15, 0.2) is 23.4 Å². The molecule has 1 aromatic rings. The number of nitrogens with zero attached hydrogens (tertiary/aromatic N) is 2. The average molecular weight is 280 g/mol. The Labute approximate surface area is 118 Å². The van der Waals surface area contributed by atoms with Gasteiger partial charge in [-0.2, -0.15) is 0 Å². The first-order valence-electron chi connectivity index (χ1n) is 6.59. The SMILES string of the molecule is CSc1cc(C(=O)N2CCCC(C(C)O)C2)ccn1. The number of likely N-dealkylation sites (tertiary alicyclic amines) is 1. The lowest BCUT2D eigenvalue weighted by Crippen LogP contribution is -2.42. The molecule has 2 rings (SSSR count). The van der Waals surface area contributed by atoms with Gasteiger partial charge in [-0.05, 0) is 38.2 Å². The maximum atomic E-state index is 12.4. The smallest absolute Gasteiger partial charge is 0.254 e. The first kappa shape index (κ1) is 14.3. The van der Waals surface area contributed by atoms with E-state index in [1.165, 1.54) is 11.8 Å². The molecule has 1 aromatic heterocycles. The molecule has 0 aromatic carbocycles. The van der Waals surface area contributed by atoms with Crippen LogP contribution in [0.1, 0.15) is 30.1 Å². The number of aliphatic hydroxyl groups excluding tert-OH is 1. The van der Waals surface area contributed by atoms with Gasteiger partial charge < -0.3 is 10.0 Å². The lowest BCUT2D eigenvalue weighted by Gasteiger charge is -2.34. The zero-order valence-electron chi connectivity index (χ0n) is 11.4. The van der Waals surface area contributed by atoms with Gasteiger partial charge in [-0.1, -0.05) is 0 Å². The van der Waals surface area contributed by atoms with Crippen LogP contribution in [0.3, 0.4) is 0 Å². The zero-order chi connectivity index (χ0) is 13.8. The van der Waals surface area contributed by atoms with E-state index in [1.54, 1.807) is 19.2 Å². The molecule has 0 aliphatic carbocycles. The molecule has 1 N–H and O–H groups in total. The quantitative estimate of drug-likeness (QED) is 0.861. The summed E-state index contributed by atoms with van der Waals surface area (Å²) in [5.74, 6) is 0.239. The van der Waals surface area contributed by atoms with E-state index in [9.17, 15) is 9.90 Å². The van der Waals surface area contributed by atoms with E-state index in [2.05, 4.69) is 4.98 Å². The van der Waals surface area contributed by atoms with E-state index in [4.69, 9.17) is 0 Å². The van der Waals surface area contributed by atoms with E-state index in [0.717, 1.165) is 24.4 Å². The van der Waals surface area contributed by atoms with Crippen LogP contribution in [0.5, 0.6) is 0 Å². The maximum Gasteiger partial charge on any atom is 0.254 e. The third-order valence-corrected chi connectivity index (χ3v) is 4.26. The summed E-state index contributed by atoms with van der Waals surface area (Å²) >= 11 is 1.53. The molecule has 5 heteroatoms. The van der Waals surface area contributed by atoms with Crippen molar-refractivity contribution < 1.29 is 9.90 Å². The van der Waals surface area contributed by atoms with Crippen LogP contribution in [-0.2, 0) is 0 Å². The van der Waals surface area contributed by atoms with Crippen LogP contribution in [-0.4, -0.2) is 46.3 Å². The molecule has 0 saturated carbocycles. The molecular formula is C14H20N2O2S. The molecule has 2 atom stereocenters. The molecule has 0 bridgehead atoms. The highest BCUT2D eigenvalue weighted by Crippen LogP contribution is 2.22. The second kappa shape index (κ2) is 6.39. The largest absolute Gasteiger partial charge is 0.393 e. The Hall–Kier alpha value is -1.07. The van der Waals surface area contributed by atoms with Crippen molar-refractivity contribution in [1.82, 2.24) is 9.88 Å². The summed E-state index contributed by atoms with van der Waals surface area (Å²) < 4.78 is 0. The molecule has 1 amide bonds. The summed E-state index contributed by atoms with van der Waals surface area (Å²) in [6, 6.07) is 3.59. The topological polar surface area (TPSA) is 53.4 Å². The van der Waals surface area contributed by atoms with E-state index in [1.807, 2.05) is 17.2 Å². The number of pyridine rings is 1. The normalized spacial score (nSPS) is 21.2. The summed E-state index contributed by atoms with van der Waals surface area (Å²) in [6.07, 6.45) is 5.22. The first-order chi connectivity index (χ1) is 9.11. The fourth-order valence-corrected chi connectivity index (χ4v) is 2.84. The highest BCUT2D eigenvalue weighted by atomic mass is 32.2. The Morgan fingerprint density at radius 1 is 1.63 bits per heavy atom. The van der Waals surface area contributed by atoms with Crippen molar-refractivity contribution in [2.45, 2.75) is 30.9 Å². The van der Waals surface area contributed by atoms with Gasteiger partial charge in [-0.3, -0.25) is 4.79 Å². The molecule has 0 spiro atoms. The molecule has 19 heavy (non-hydrogen) atoms. The summed E-state index contributed by atoms with van der Waals surface area (Å²) in [6.45, 7) is 3.23. The van der Waals surface area contributed by atoms with Crippen molar-refractivity contribution in [3.05, 3.63) is 23.9 Å². The molecular weight excluding hydrogens is 260 g/mol. The Bertz CT molecular complexity index is 451. The highest BCUT2D eigenvalue weighted by molar-refractivity contribution is 7.98. The lowest BCUT2D eigenvalue weighted by molar-refractivity contribution is 0.0465. The van der Waals surface area contributed by atoms with Gasteiger partial charge in [0.2, 0.25) is 0 Å². The lowest BCUT2D eigenvalue weighted by atomic mass is 9.93. The van der Waals surface area contributed by atoms with Crippen LogP contribution in [0.25, 0.3) is 0 Å². The van der Waals surface area contributed by atoms with Crippen LogP contribution in [0.2, 0.25) is 0 Å². The average Bonchev–Trinajstić information content (AvgIpc) is 2.46. The number of piperidine rings is 1. The fraction of sp³-hybridized carbons (Fsp3) is 0.571. The van der Waals surface area contributed by atoms with Gasteiger partial charge in [-0.15, -0.1) is 11.8 Å². The summed E-state index contributed by atoms with van der Waals surface area (Å²) in [4.78, 5) is 18.5. The number of aliphatic hydroxyl groups is 1. The van der Waals surface area contributed by atoms with Crippen molar-refractivity contribution in [3.63, 3.8) is 0 Å². The van der Waals surface area contributed by atoms with Crippen molar-refractivity contribution in [3.8, 4) is 0 Å². The summed E-state index contributed by atoms with van der Waals surface area (Å²) in [5, 5.41) is 10.5. The number of rotatable bonds is 3. The van der Waals surface area contributed by atoms with Crippen LogP contribution >= 0.6 is 11.8 Å². The van der Waals surface area contributed by atoms with Crippen molar-refractivity contribution in [2.75, 3.05) is 19.3 Å². The molecule has 4 nitrogen and oxygen atoms in total. The Kier molecular flexibility index (Phi) is 4.82. The summed E-state index contributed by atoms with van der Waals surface area (Å²) in [7, 11) is 0. The van der Waals surface area contributed by atoms with Crippen LogP contribution in [0.4, 0.5) is 0 Å². The van der Waals surface area contributed by atoms with Gasteiger partial charge >= 0.3 is 0 Å². The van der Waals surface area contributed by atoms with Gasteiger partial charge in [0.05, 0.1) is 11.1 Å². The molecule has 1 saturated heterocycles. The van der Waals surface area contributed by atoms with E-state index < -0.39 is 0 Å². The molecule has 104 valence electrons. The van der Waals surface area contributed by atoms with Gasteiger partial charge in [0.1, 0.15) is 0 Å². The Morgan fingerprint density at radius 2 is 2.42 bits per heavy atom. The van der Waals surface area contributed by atoms with Gasteiger partial charge in [-0.25, -0.2) is 4.98 Å². The van der Waals surface area contributed by atoms with Crippen LogP contribution in [0, 0.1) is 5.92 Å². The predicted molar refractivity (Wildman–Crippen MR) is 76.3 cm³/mol. The Balaban J connectivity index is 2.10. The second-order valence-corrected chi connectivity index (χ2v) is 5.81. The minimum absolute atomic E-state index is 0.0445. The molecule has 1 aliphatic rings. The first-order valence-corrected chi connectivity index (χ1v) is 7.81. The number of hydrogen-bond acceptors (Lipinski definition) is 4. The number of amides is 1. The minimum Gasteiger partial charge on any atom is -0.393 e. The second-order valence-electron chi connectivity index (χ2n) is 4.98. The molecule has 1 fully saturated rings. The standard InChI is InChI=1S/C14H20N2O2S/c1-10(17)12-4-3-7-16(9-12)14(18)11-5-6-15-13(8-11)19-2/h5-6,8,10,12,17H,3-4,7,9H2,1-2H3. The van der Waals surface area contributed by atoms with E-state index >= 15 is 0 Å². The third-order valence-electron chi connectivity index (χ3n) is 3.62. The van der Waals surface area contributed by atoms with E-state index in [0.29, 0.717) is 12.1 Å². The minimum atomic E-state index is -0.352. The fourth-order valence-electron chi connectivity index (χ4n) is 2.42. The number of thioether (sulfide) groups is 1. The third kappa shape index (κ3) is 3.48. The molecule has 2 heterocycles. The summed E-state index contributed by atoms with van der Waals surface area (Å²) in [5.41, 5.74) is 0.686. The molecule has 1 aliphatic heterocycles. The van der Waals surface area contributed by atoms with Gasteiger partial charge in [0.15, 0.2) is 0 Å². The number of carbonyl (C=O) groups excluding carboxylic acids is 1. The maximum absolute atomic E-state index is 12.4. The zero-order valence-corrected chi connectivity index (χ0v) is 12.2.